The lowest BCUT2D eigenvalue weighted by atomic mass is 10.2. The Bertz CT molecular complexity index is 795. The van der Waals surface area contributed by atoms with Crippen LogP contribution >= 0.6 is 0 Å². The maximum Gasteiger partial charge on any atom is 0.274 e. The Kier molecular flexibility index (Phi) is 5.31. The fourth-order valence-electron chi connectivity index (χ4n) is 3.25. The molecule has 3 rings (SSSR count). The number of unbranched alkanes of at least 4 members (excludes halogenated alkanes) is 1. The topological polar surface area (TPSA) is 73.0 Å². The van der Waals surface area contributed by atoms with Gasteiger partial charge in [0.05, 0.1) is 18.8 Å². The maximum atomic E-state index is 12.9. The van der Waals surface area contributed by atoms with Gasteiger partial charge >= 0.3 is 0 Å². The van der Waals surface area contributed by atoms with Crippen LogP contribution in [0.15, 0.2) is 29.3 Å². The van der Waals surface area contributed by atoms with E-state index < -0.39 is 0 Å². The maximum absolute atomic E-state index is 12.9. The molecule has 0 aromatic carbocycles. The van der Waals surface area contributed by atoms with Gasteiger partial charge in [-0.05, 0) is 37.8 Å². The van der Waals surface area contributed by atoms with E-state index in [1.807, 2.05) is 28.9 Å². The summed E-state index contributed by atoms with van der Waals surface area (Å²) in [5.74, 6) is -0.100. The minimum absolute atomic E-state index is 0.100. The highest BCUT2D eigenvalue weighted by Gasteiger charge is 2.30. The fraction of sp³-hybridized carbons (Fsp3) is 0.556. The van der Waals surface area contributed by atoms with E-state index in [9.17, 15) is 9.59 Å². The molecule has 0 bridgehead atoms. The number of rotatable bonds is 6. The van der Waals surface area contributed by atoms with Gasteiger partial charge in [0.2, 0.25) is 0 Å². The third kappa shape index (κ3) is 3.97. The van der Waals surface area contributed by atoms with Crippen molar-refractivity contribution < 1.29 is 4.79 Å². The Morgan fingerprint density at radius 1 is 1.36 bits per heavy atom. The lowest BCUT2D eigenvalue weighted by molar-refractivity contribution is 0.0712. The Morgan fingerprint density at radius 3 is 2.92 bits per heavy atom. The number of carbonyl (C=O) groups excluding carboxylic acids is 1. The van der Waals surface area contributed by atoms with Gasteiger partial charge in [-0.1, -0.05) is 13.3 Å². The van der Waals surface area contributed by atoms with Crippen molar-refractivity contribution in [1.82, 2.24) is 24.5 Å². The zero-order valence-electron chi connectivity index (χ0n) is 14.9. The van der Waals surface area contributed by atoms with Crippen molar-refractivity contribution in [1.29, 1.82) is 0 Å². The quantitative estimate of drug-likeness (QED) is 0.802. The average molecular weight is 343 g/mol. The molecule has 7 heteroatoms. The molecule has 3 heterocycles. The molecule has 0 saturated carbocycles. The number of aryl methyl sites for hydroxylation is 2. The van der Waals surface area contributed by atoms with Gasteiger partial charge in [0.1, 0.15) is 5.69 Å². The summed E-state index contributed by atoms with van der Waals surface area (Å²) in [6.07, 6.45) is 7.60. The fourth-order valence-corrected chi connectivity index (χ4v) is 3.25. The first-order valence-corrected chi connectivity index (χ1v) is 8.96. The summed E-state index contributed by atoms with van der Waals surface area (Å²) in [7, 11) is 0. The molecule has 1 amide bonds. The van der Waals surface area contributed by atoms with E-state index in [1.54, 1.807) is 6.07 Å². The highest BCUT2D eigenvalue weighted by molar-refractivity contribution is 5.92. The van der Waals surface area contributed by atoms with E-state index in [1.165, 1.54) is 10.7 Å². The summed E-state index contributed by atoms with van der Waals surface area (Å²) in [6.45, 7) is 6.03. The van der Waals surface area contributed by atoms with Gasteiger partial charge in [-0.25, -0.2) is 4.68 Å². The predicted molar refractivity (Wildman–Crippen MR) is 94.4 cm³/mol. The van der Waals surface area contributed by atoms with Crippen LogP contribution in [0.1, 0.15) is 48.7 Å². The molecular weight excluding hydrogens is 318 g/mol. The summed E-state index contributed by atoms with van der Waals surface area (Å²) in [4.78, 5) is 26.7. The van der Waals surface area contributed by atoms with Crippen molar-refractivity contribution in [2.75, 3.05) is 6.54 Å². The van der Waals surface area contributed by atoms with Crippen LogP contribution in [-0.4, -0.2) is 43.0 Å². The SMILES string of the molecule is CCCCn1nc(C(=O)N2CCCC2Cn2cc(C)cn2)ccc1=O. The molecule has 0 N–H and O–H groups in total. The molecule has 25 heavy (non-hydrogen) atoms. The van der Waals surface area contributed by atoms with Gasteiger partial charge in [0, 0.05) is 25.4 Å². The highest BCUT2D eigenvalue weighted by atomic mass is 16.2. The predicted octanol–water partition coefficient (Wildman–Crippen LogP) is 1.85. The van der Waals surface area contributed by atoms with E-state index >= 15 is 0 Å². The lowest BCUT2D eigenvalue weighted by Crippen LogP contribution is -2.39. The molecular formula is C18H25N5O2. The highest BCUT2D eigenvalue weighted by Crippen LogP contribution is 2.20. The van der Waals surface area contributed by atoms with Crippen LogP contribution in [0.5, 0.6) is 0 Å². The van der Waals surface area contributed by atoms with Crippen LogP contribution in [0.2, 0.25) is 0 Å². The van der Waals surface area contributed by atoms with Gasteiger partial charge in [0.25, 0.3) is 11.5 Å². The minimum atomic E-state index is -0.157. The second-order valence-corrected chi connectivity index (χ2v) is 6.67. The van der Waals surface area contributed by atoms with Gasteiger partial charge in [-0.2, -0.15) is 10.2 Å². The first-order valence-electron chi connectivity index (χ1n) is 8.96. The second-order valence-electron chi connectivity index (χ2n) is 6.67. The van der Waals surface area contributed by atoms with Crippen molar-refractivity contribution in [3.8, 4) is 0 Å². The Labute approximate surface area is 147 Å². The van der Waals surface area contributed by atoms with Crippen molar-refractivity contribution in [3.63, 3.8) is 0 Å². The largest absolute Gasteiger partial charge is 0.332 e. The van der Waals surface area contributed by atoms with Crippen LogP contribution in [-0.2, 0) is 13.1 Å². The van der Waals surface area contributed by atoms with Crippen molar-refractivity contribution in [2.24, 2.45) is 0 Å². The van der Waals surface area contributed by atoms with Crippen molar-refractivity contribution in [2.45, 2.75) is 58.7 Å². The molecule has 134 valence electrons. The van der Waals surface area contributed by atoms with Crippen LogP contribution in [0.25, 0.3) is 0 Å². The summed E-state index contributed by atoms with van der Waals surface area (Å²) < 4.78 is 3.29. The number of hydrogen-bond acceptors (Lipinski definition) is 4. The second kappa shape index (κ2) is 7.63. The molecule has 0 spiro atoms. The molecule has 2 aromatic heterocycles. The monoisotopic (exact) mass is 343 g/mol. The van der Waals surface area contributed by atoms with E-state index in [4.69, 9.17) is 0 Å². The average Bonchev–Trinajstić information content (AvgIpc) is 3.23. The first kappa shape index (κ1) is 17.4. The molecule has 0 radical (unpaired) electrons. The number of carbonyl (C=O) groups is 1. The van der Waals surface area contributed by atoms with Gasteiger partial charge in [0.15, 0.2) is 0 Å². The number of aromatic nitrogens is 4. The molecule has 2 aromatic rings. The normalized spacial score (nSPS) is 17.2. The van der Waals surface area contributed by atoms with E-state index in [0.29, 0.717) is 18.8 Å². The summed E-state index contributed by atoms with van der Waals surface area (Å²) in [5.41, 5.74) is 1.30. The zero-order valence-corrected chi connectivity index (χ0v) is 14.9. The van der Waals surface area contributed by atoms with Crippen LogP contribution < -0.4 is 5.56 Å². The van der Waals surface area contributed by atoms with Crippen LogP contribution in [0.4, 0.5) is 0 Å². The molecule has 0 aliphatic carbocycles. The molecule has 1 fully saturated rings. The van der Waals surface area contributed by atoms with E-state index in [-0.39, 0.29) is 17.5 Å². The molecule has 1 aliphatic heterocycles. The zero-order chi connectivity index (χ0) is 17.8. The first-order chi connectivity index (χ1) is 12.1. The molecule has 1 saturated heterocycles. The van der Waals surface area contributed by atoms with Crippen LogP contribution in [0, 0.1) is 6.92 Å². The third-order valence-electron chi connectivity index (χ3n) is 4.61. The number of nitrogens with zero attached hydrogens (tertiary/aromatic N) is 5. The number of amides is 1. The Balaban J connectivity index is 1.76. The Hall–Kier alpha value is -2.44. The minimum Gasteiger partial charge on any atom is -0.332 e. The number of likely N-dealkylation sites (tertiary alicyclic amines) is 1. The molecule has 1 aliphatic rings. The number of hydrogen-bond donors (Lipinski definition) is 0. The molecule has 1 unspecified atom stereocenters. The summed E-state index contributed by atoms with van der Waals surface area (Å²) >= 11 is 0. The van der Waals surface area contributed by atoms with Crippen molar-refractivity contribution in [3.05, 3.63) is 46.1 Å². The van der Waals surface area contributed by atoms with Gasteiger partial charge in [-0.3, -0.25) is 14.3 Å². The smallest absolute Gasteiger partial charge is 0.274 e. The van der Waals surface area contributed by atoms with Crippen LogP contribution in [0.3, 0.4) is 0 Å². The lowest BCUT2D eigenvalue weighted by Gasteiger charge is -2.24. The summed E-state index contributed by atoms with van der Waals surface area (Å²) in [6, 6.07) is 3.10. The Morgan fingerprint density at radius 2 is 2.20 bits per heavy atom. The third-order valence-corrected chi connectivity index (χ3v) is 4.61. The van der Waals surface area contributed by atoms with Crippen molar-refractivity contribution >= 4 is 5.91 Å². The van der Waals surface area contributed by atoms with E-state index in [0.717, 1.165) is 37.8 Å². The standard InChI is InChI=1S/C18H25N5O2/c1-3-4-10-23-17(24)8-7-16(20-23)18(25)22-9-5-6-15(22)13-21-12-14(2)11-19-21/h7-8,11-12,15H,3-6,9-10,13H2,1-2H3. The van der Waals surface area contributed by atoms with E-state index in [2.05, 4.69) is 17.1 Å². The molecule has 7 nitrogen and oxygen atoms in total. The molecule has 1 atom stereocenters. The van der Waals surface area contributed by atoms with Gasteiger partial charge < -0.3 is 4.90 Å². The summed E-state index contributed by atoms with van der Waals surface area (Å²) in [5, 5.41) is 8.61. The van der Waals surface area contributed by atoms with Gasteiger partial charge in [-0.15, -0.1) is 0 Å².